The van der Waals surface area contributed by atoms with E-state index in [0.29, 0.717) is 5.70 Å². The molecule has 0 bridgehead atoms. The first kappa shape index (κ1) is 18.7. The number of nitrogens with zero attached hydrogens (tertiary/aromatic N) is 1. The Morgan fingerprint density at radius 2 is 2.04 bits per heavy atom. The third kappa shape index (κ3) is 5.19. The summed E-state index contributed by atoms with van der Waals surface area (Å²) < 4.78 is 10.1. The van der Waals surface area contributed by atoms with Gasteiger partial charge in [0.2, 0.25) is 0 Å². The number of hydrogen-bond donors (Lipinski definition) is 0. The number of esters is 1. The second kappa shape index (κ2) is 9.04. The van der Waals surface area contributed by atoms with Crippen molar-refractivity contribution in [1.29, 1.82) is 0 Å². The lowest BCUT2D eigenvalue weighted by atomic mass is 9.99. The Balaban J connectivity index is 2.26. The van der Waals surface area contributed by atoms with Gasteiger partial charge in [-0.3, -0.25) is 4.79 Å². The van der Waals surface area contributed by atoms with Gasteiger partial charge in [0, 0.05) is 24.7 Å². The van der Waals surface area contributed by atoms with Crippen LogP contribution in [-0.2, 0) is 14.3 Å². The van der Waals surface area contributed by atoms with Gasteiger partial charge in [-0.05, 0) is 36.6 Å². The molecule has 1 atom stereocenters. The van der Waals surface area contributed by atoms with Crippen molar-refractivity contribution in [2.24, 2.45) is 0 Å². The molecule has 25 heavy (non-hydrogen) atoms. The van der Waals surface area contributed by atoms with Crippen LogP contribution < -0.4 is 4.90 Å². The first-order valence-electron chi connectivity index (χ1n) is 8.24. The number of hydrogen-bond acceptors (Lipinski definition) is 4. The van der Waals surface area contributed by atoms with Crippen molar-refractivity contribution in [3.8, 4) is 0 Å². The van der Waals surface area contributed by atoms with E-state index in [1.807, 2.05) is 48.4 Å². The maximum atomic E-state index is 11.6. The molecule has 0 saturated heterocycles. The van der Waals surface area contributed by atoms with Crippen LogP contribution in [-0.4, -0.2) is 26.3 Å². The number of anilines is 1. The predicted molar refractivity (Wildman–Crippen MR) is 101 cm³/mol. The number of carbonyl (C=O) groups excluding carboxylic acids is 1. The van der Waals surface area contributed by atoms with Crippen LogP contribution in [0.4, 0.5) is 5.69 Å². The minimum Gasteiger partial charge on any atom is -0.469 e. The highest BCUT2D eigenvalue weighted by Crippen LogP contribution is 2.25. The highest BCUT2D eigenvalue weighted by atomic mass is 16.5. The molecular weight excluding hydrogens is 314 g/mol. The summed E-state index contributed by atoms with van der Waals surface area (Å²) in [5.74, 6) is -0.309. The molecule has 132 valence electrons. The van der Waals surface area contributed by atoms with E-state index in [4.69, 9.17) is 9.47 Å². The number of methoxy groups -OCH3 is 2. The smallest absolute Gasteiger partial charge is 0.311 e. The van der Waals surface area contributed by atoms with E-state index in [1.165, 1.54) is 7.11 Å². The van der Waals surface area contributed by atoms with Crippen molar-refractivity contribution >= 4 is 11.7 Å². The lowest BCUT2D eigenvalue weighted by molar-refractivity contribution is -0.139. The quantitative estimate of drug-likeness (QED) is 0.691. The number of benzene rings is 1. The Morgan fingerprint density at radius 1 is 1.32 bits per heavy atom. The number of carbonyl (C=O) groups is 1. The highest BCUT2D eigenvalue weighted by Gasteiger charge is 2.14. The molecule has 4 nitrogen and oxygen atoms in total. The van der Waals surface area contributed by atoms with E-state index in [1.54, 1.807) is 7.11 Å². The summed E-state index contributed by atoms with van der Waals surface area (Å²) in [6.07, 6.45) is 9.41. The summed E-state index contributed by atoms with van der Waals surface area (Å²) in [6, 6.07) is 9.84. The molecule has 1 aliphatic carbocycles. The number of para-hydroxylation sites is 1. The number of rotatable bonds is 7. The Hall–Kier alpha value is -2.59. The van der Waals surface area contributed by atoms with Gasteiger partial charge in [-0.1, -0.05) is 43.0 Å². The van der Waals surface area contributed by atoms with Crippen molar-refractivity contribution in [3.05, 3.63) is 78.2 Å². The zero-order valence-electron chi connectivity index (χ0n) is 15.1. The van der Waals surface area contributed by atoms with Crippen molar-refractivity contribution in [1.82, 2.24) is 0 Å². The third-order valence-corrected chi connectivity index (χ3v) is 4.09. The molecule has 0 aromatic heterocycles. The summed E-state index contributed by atoms with van der Waals surface area (Å²) in [4.78, 5) is 13.6. The molecule has 4 heteroatoms. The van der Waals surface area contributed by atoms with Crippen LogP contribution >= 0.6 is 0 Å². The summed E-state index contributed by atoms with van der Waals surface area (Å²) in [5.41, 5.74) is 3.83. The van der Waals surface area contributed by atoms with E-state index in [2.05, 4.69) is 24.8 Å². The minimum atomic E-state index is -0.309. The summed E-state index contributed by atoms with van der Waals surface area (Å²) >= 11 is 0. The lowest BCUT2D eigenvalue weighted by Crippen LogP contribution is -2.19. The van der Waals surface area contributed by atoms with Gasteiger partial charge in [-0.15, -0.1) is 0 Å². The van der Waals surface area contributed by atoms with Gasteiger partial charge in [0.25, 0.3) is 0 Å². The van der Waals surface area contributed by atoms with Crippen LogP contribution in [0.25, 0.3) is 0 Å². The number of allylic oxidation sites excluding steroid dienone is 3. The molecule has 1 aliphatic rings. The zero-order chi connectivity index (χ0) is 18.2. The van der Waals surface area contributed by atoms with Gasteiger partial charge in [-0.25, -0.2) is 0 Å². The van der Waals surface area contributed by atoms with Gasteiger partial charge in [0.15, 0.2) is 0 Å². The molecule has 0 amide bonds. The molecule has 0 saturated carbocycles. The predicted octanol–water partition coefficient (Wildman–Crippen LogP) is 4.37. The molecule has 0 N–H and O–H groups in total. The number of ether oxygens (including phenoxy) is 2. The van der Waals surface area contributed by atoms with E-state index < -0.39 is 0 Å². The zero-order valence-corrected chi connectivity index (χ0v) is 15.1. The molecule has 0 heterocycles. The topological polar surface area (TPSA) is 38.8 Å². The van der Waals surface area contributed by atoms with Crippen molar-refractivity contribution in [2.75, 3.05) is 19.1 Å². The molecule has 1 unspecified atom stereocenters. The Morgan fingerprint density at radius 3 is 2.60 bits per heavy atom. The molecule has 1 aromatic rings. The van der Waals surface area contributed by atoms with Crippen molar-refractivity contribution in [2.45, 2.75) is 25.9 Å². The Bertz CT molecular complexity index is 701. The molecule has 0 radical (unpaired) electrons. The van der Waals surface area contributed by atoms with Crippen LogP contribution in [0.2, 0.25) is 0 Å². The fourth-order valence-electron chi connectivity index (χ4n) is 2.60. The molecule has 0 spiro atoms. The molecular formula is C21H25NO3. The second-order valence-corrected chi connectivity index (χ2v) is 5.87. The maximum absolute atomic E-state index is 11.6. The van der Waals surface area contributed by atoms with Crippen molar-refractivity contribution in [3.63, 3.8) is 0 Å². The fraction of sp³-hybridized carbons (Fsp3) is 0.286. The standard InChI is InChI=1S/C21H25NO3/c1-16(18-10-12-20(24-3)13-11-18)15-22(17(2)14-21(23)25-4)19-8-6-5-7-9-19/h5-12,15,20H,2,13-14H2,1,3-4H3/b16-15+. The molecule has 0 fully saturated rings. The van der Waals surface area contributed by atoms with E-state index >= 15 is 0 Å². The lowest BCUT2D eigenvalue weighted by Gasteiger charge is -2.24. The Kier molecular flexibility index (Phi) is 6.78. The van der Waals surface area contributed by atoms with Gasteiger partial charge in [0.05, 0.1) is 19.6 Å². The van der Waals surface area contributed by atoms with Crippen LogP contribution in [0, 0.1) is 0 Å². The summed E-state index contributed by atoms with van der Waals surface area (Å²) in [7, 11) is 3.10. The highest BCUT2D eigenvalue weighted by molar-refractivity contribution is 5.74. The van der Waals surface area contributed by atoms with Crippen LogP contribution in [0.3, 0.4) is 0 Å². The van der Waals surface area contributed by atoms with Crippen LogP contribution in [0.1, 0.15) is 19.8 Å². The normalized spacial score (nSPS) is 17.0. The van der Waals surface area contributed by atoms with E-state index in [0.717, 1.165) is 23.3 Å². The molecule has 0 aliphatic heterocycles. The average Bonchev–Trinajstić information content (AvgIpc) is 2.66. The first-order valence-corrected chi connectivity index (χ1v) is 8.24. The van der Waals surface area contributed by atoms with E-state index in [9.17, 15) is 4.79 Å². The van der Waals surface area contributed by atoms with Gasteiger partial charge in [-0.2, -0.15) is 0 Å². The monoisotopic (exact) mass is 339 g/mol. The molecule has 2 rings (SSSR count). The largest absolute Gasteiger partial charge is 0.469 e. The second-order valence-electron chi connectivity index (χ2n) is 5.87. The van der Waals surface area contributed by atoms with Gasteiger partial charge < -0.3 is 14.4 Å². The average molecular weight is 339 g/mol. The van der Waals surface area contributed by atoms with Gasteiger partial charge in [0.1, 0.15) is 0 Å². The van der Waals surface area contributed by atoms with E-state index in [-0.39, 0.29) is 18.5 Å². The molecule has 1 aromatic carbocycles. The first-order chi connectivity index (χ1) is 12.0. The van der Waals surface area contributed by atoms with Crippen molar-refractivity contribution < 1.29 is 14.3 Å². The fourth-order valence-corrected chi connectivity index (χ4v) is 2.60. The Labute approximate surface area is 149 Å². The van der Waals surface area contributed by atoms with Gasteiger partial charge >= 0.3 is 5.97 Å². The maximum Gasteiger partial charge on any atom is 0.311 e. The summed E-state index contributed by atoms with van der Waals surface area (Å²) in [5, 5.41) is 0. The SMILES string of the molecule is C=C(CC(=O)OC)N(/C=C(\C)C1=CCC(OC)C=C1)c1ccccc1. The third-order valence-electron chi connectivity index (χ3n) is 4.09. The van der Waals surface area contributed by atoms with Crippen LogP contribution in [0.15, 0.2) is 78.2 Å². The van der Waals surface area contributed by atoms with Crippen LogP contribution in [0.5, 0.6) is 0 Å². The summed E-state index contributed by atoms with van der Waals surface area (Å²) in [6.45, 7) is 6.11. The minimum absolute atomic E-state index is 0.135.